The Balaban J connectivity index is 1.31. The number of ether oxygens (including phenoxy) is 1. The van der Waals surface area contributed by atoms with Crippen molar-refractivity contribution in [3.05, 3.63) is 70.9 Å². The maximum Gasteiger partial charge on any atom is 0.158 e. The number of fused-ring (bicyclic) bond motifs is 2. The second kappa shape index (κ2) is 7.93. The van der Waals surface area contributed by atoms with Crippen LogP contribution in [0.3, 0.4) is 0 Å². The van der Waals surface area contributed by atoms with Crippen molar-refractivity contribution >= 4 is 33.3 Å². The third kappa shape index (κ3) is 3.78. The zero-order chi connectivity index (χ0) is 20.7. The van der Waals surface area contributed by atoms with E-state index in [1.165, 1.54) is 35.8 Å². The molecule has 1 saturated heterocycles. The molecule has 3 aromatic carbocycles. The highest BCUT2D eigenvalue weighted by atomic mass is 35.5. The second-order valence-corrected chi connectivity index (χ2v) is 8.80. The number of aromatic nitrogens is 2. The number of nitrogens with zero attached hydrogens (tertiary/aromatic N) is 3. The van der Waals surface area contributed by atoms with E-state index >= 15 is 0 Å². The first-order chi connectivity index (χ1) is 14.6. The summed E-state index contributed by atoms with van der Waals surface area (Å²) in [6.45, 7) is 8.20. The number of benzene rings is 3. The molecule has 0 aliphatic carbocycles. The summed E-state index contributed by atoms with van der Waals surface area (Å²) in [6.07, 6.45) is 1.33. The minimum atomic E-state index is 0.270. The van der Waals surface area contributed by atoms with Crippen molar-refractivity contribution in [2.75, 3.05) is 13.1 Å². The van der Waals surface area contributed by atoms with Crippen molar-refractivity contribution in [3.63, 3.8) is 0 Å². The molecule has 1 fully saturated rings. The van der Waals surface area contributed by atoms with E-state index < -0.39 is 0 Å². The van der Waals surface area contributed by atoms with Crippen molar-refractivity contribution in [1.82, 2.24) is 14.7 Å². The highest BCUT2D eigenvalue weighted by Gasteiger charge is 2.14. The predicted molar refractivity (Wildman–Crippen MR) is 123 cm³/mol. The maximum atomic E-state index is 6.36. The van der Waals surface area contributed by atoms with Gasteiger partial charge in [-0.2, -0.15) is 5.10 Å². The molecule has 30 heavy (non-hydrogen) atoms. The molecule has 0 spiro atoms. The van der Waals surface area contributed by atoms with E-state index in [1.54, 1.807) is 0 Å². The fourth-order valence-electron chi connectivity index (χ4n) is 4.06. The van der Waals surface area contributed by atoms with Crippen molar-refractivity contribution < 1.29 is 4.74 Å². The summed E-state index contributed by atoms with van der Waals surface area (Å²) in [5, 5.41) is 8.43. The first-order valence-corrected chi connectivity index (χ1v) is 11.0. The molecule has 1 aromatic heterocycles. The van der Waals surface area contributed by atoms with Crippen LogP contribution in [-0.2, 0) is 13.2 Å². The van der Waals surface area contributed by atoms with Gasteiger partial charge in [-0.15, -0.1) is 0 Å². The summed E-state index contributed by atoms with van der Waals surface area (Å²) in [4.78, 5) is 2.48. The maximum absolute atomic E-state index is 6.36. The molecule has 0 bridgehead atoms. The molecule has 0 radical (unpaired) electrons. The van der Waals surface area contributed by atoms with Gasteiger partial charge in [-0.25, -0.2) is 0 Å². The van der Waals surface area contributed by atoms with Gasteiger partial charge in [0.1, 0.15) is 12.4 Å². The summed E-state index contributed by atoms with van der Waals surface area (Å²) in [5.74, 6) is 0.877. The fourth-order valence-corrected chi connectivity index (χ4v) is 4.29. The lowest BCUT2D eigenvalue weighted by Gasteiger charge is -2.30. The Bertz CT molecular complexity index is 1210. The van der Waals surface area contributed by atoms with Crippen LogP contribution in [0, 0.1) is 0 Å². The van der Waals surface area contributed by atoms with Crippen LogP contribution in [0.25, 0.3) is 21.7 Å². The van der Waals surface area contributed by atoms with Crippen LogP contribution >= 0.6 is 11.6 Å². The largest absolute Gasteiger partial charge is 0.489 e. The van der Waals surface area contributed by atoms with Gasteiger partial charge in [0.2, 0.25) is 0 Å². The number of hydrogen-bond donors (Lipinski definition) is 0. The molecule has 154 valence electrons. The summed E-state index contributed by atoms with van der Waals surface area (Å²) < 4.78 is 8.05. The normalized spacial score (nSPS) is 14.5. The first kappa shape index (κ1) is 19.4. The lowest BCUT2D eigenvalue weighted by molar-refractivity contribution is 0.172. The zero-order valence-electron chi connectivity index (χ0n) is 17.4. The Morgan fingerprint density at radius 1 is 0.967 bits per heavy atom. The van der Waals surface area contributed by atoms with E-state index in [-0.39, 0.29) is 6.04 Å². The van der Waals surface area contributed by atoms with Crippen LogP contribution < -0.4 is 4.74 Å². The van der Waals surface area contributed by atoms with Gasteiger partial charge in [-0.05, 0) is 85.6 Å². The van der Waals surface area contributed by atoms with Crippen LogP contribution in [-0.4, -0.2) is 27.8 Å². The fraction of sp³-hybridized carbons (Fsp3) is 0.320. The van der Waals surface area contributed by atoms with E-state index in [4.69, 9.17) is 16.3 Å². The van der Waals surface area contributed by atoms with Crippen LogP contribution in [0.5, 0.6) is 5.75 Å². The van der Waals surface area contributed by atoms with Crippen molar-refractivity contribution in [3.8, 4) is 5.75 Å². The van der Waals surface area contributed by atoms with Gasteiger partial charge < -0.3 is 4.74 Å². The van der Waals surface area contributed by atoms with E-state index in [2.05, 4.69) is 78.4 Å². The Labute approximate surface area is 182 Å². The molecule has 0 amide bonds. The van der Waals surface area contributed by atoms with Crippen LogP contribution in [0.15, 0.2) is 54.6 Å². The highest BCUT2D eigenvalue weighted by Crippen LogP contribution is 2.28. The molecule has 4 nitrogen and oxygen atoms in total. The average molecular weight is 420 g/mol. The number of likely N-dealkylation sites (tertiary alicyclic amines) is 1. The van der Waals surface area contributed by atoms with Gasteiger partial charge in [0.15, 0.2) is 5.15 Å². The predicted octanol–water partition coefficient (Wildman–Crippen LogP) is 6.21. The molecule has 1 aliphatic heterocycles. The summed E-state index contributed by atoms with van der Waals surface area (Å²) in [6, 6.07) is 19.5. The molecule has 5 rings (SSSR count). The number of hydrogen-bond acceptors (Lipinski definition) is 3. The third-order valence-corrected chi connectivity index (χ3v) is 6.13. The van der Waals surface area contributed by atoms with Crippen molar-refractivity contribution in [1.29, 1.82) is 0 Å². The van der Waals surface area contributed by atoms with Gasteiger partial charge in [-0.3, -0.25) is 9.58 Å². The van der Waals surface area contributed by atoms with Crippen LogP contribution in [0.4, 0.5) is 0 Å². The van der Waals surface area contributed by atoms with Gasteiger partial charge in [-0.1, -0.05) is 35.9 Å². The first-order valence-electron chi connectivity index (χ1n) is 10.6. The molecular weight excluding hydrogens is 394 g/mol. The third-order valence-electron chi connectivity index (χ3n) is 5.85. The van der Waals surface area contributed by atoms with E-state index in [0.29, 0.717) is 11.8 Å². The van der Waals surface area contributed by atoms with E-state index in [9.17, 15) is 0 Å². The van der Waals surface area contributed by atoms with Gasteiger partial charge >= 0.3 is 0 Å². The number of halogens is 1. The van der Waals surface area contributed by atoms with Gasteiger partial charge in [0.25, 0.3) is 0 Å². The van der Waals surface area contributed by atoms with Gasteiger partial charge in [0.05, 0.1) is 5.52 Å². The SMILES string of the molecule is CC(C)n1nc(Cl)c2cc(COc3ccc4cc(CN5CCC5)ccc4c3)ccc21. The monoisotopic (exact) mass is 419 g/mol. The minimum Gasteiger partial charge on any atom is -0.489 e. The Morgan fingerprint density at radius 3 is 2.50 bits per heavy atom. The molecule has 0 saturated carbocycles. The van der Waals surface area contributed by atoms with Crippen LogP contribution in [0.2, 0.25) is 5.15 Å². The van der Waals surface area contributed by atoms with Gasteiger partial charge in [0, 0.05) is 18.0 Å². The summed E-state index contributed by atoms with van der Waals surface area (Å²) >= 11 is 6.36. The summed E-state index contributed by atoms with van der Waals surface area (Å²) in [7, 11) is 0. The quantitative estimate of drug-likeness (QED) is 0.372. The lowest BCUT2D eigenvalue weighted by Crippen LogP contribution is -2.36. The second-order valence-electron chi connectivity index (χ2n) is 8.44. The molecule has 0 unspecified atom stereocenters. The molecule has 1 aliphatic rings. The summed E-state index contributed by atoms with van der Waals surface area (Å²) in [5.41, 5.74) is 3.51. The topological polar surface area (TPSA) is 30.3 Å². The van der Waals surface area contributed by atoms with E-state index in [0.717, 1.165) is 28.8 Å². The molecule has 0 N–H and O–H groups in total. The Morgan fingerprint density at radius 2 is 1.73 bits per heavy atom. The van der Waals surface area contributed by atoms with Crippen molar-refractivity contribution in [2.24, 2.45) is 0 Å². The lowest BCUT2D eigenvalue weighted by atomic mass is 10.1. The average Bonchev–Trinajstić information content (AvgIpc) is 3.05. The smallest absolute Gasteiger partial charge is 0.158 e. The molecule has 4 aromatic rings. The zero-order valence-corrected chi connectivity index (χ0v) is 18.2. The molecule has 2 heterocycles. The van der Waals surface area contributed by atoms with Crippen molar-refractivity contribution in [2.45, 2.75) is 39.5 Å². The van der Waals surface area contributed by atoms with Crippen LogP contribution in [0.1, 0.15) is 37.4 Å². The standard InChI is InChI=1S/C25H26ClN3O/c1-17(2)29-24-9-5-19(13-23(24)25(26)27-29)16-30-22-8-7-20-12-18(4-6-21(20)14-22)15-28-10-3-11-28/h4-9,12-14,17H,3,10-11,15-16H2,1-2H3. The van der Waals surface area contributed by atoms with E-state index in [1.807, 2.05) is 4.68 Å². The molecule has 5 heteroatoms. The minimum absolute atomic E-state index is 0.270. The Kier molecular flexibility index (Phi) is 5.13. The molecular formula is C25H26ClN3O. The number of rotatable bonds is 6. The highest BCUT2D eigenvalue weighted by molar-refractivity contribution is 6.34. The Hall–Kier alpha value is -2.56. The molecule has 0 atom stereocenters.